The molecule has 19 heavy (non-hydrogen) atoms. The lowest BCUT2D eigenvalue weighted by atomic mass is 10.00. The van der Waals surface area contributed by atoms with E-state index < -0.39 is 0 Å². The van der Waals surface area contributed by atoms with Gasteiger partial charge in [-0.05, 0) is 82.3 Å². The lowest BCUT2D eigenvalue weighted by molar-refractivity contribution is 0.911. The Balaban J connectivity index is 1.99. The van der Waals surface area contributed by atoms with E-state index in [9.17, 15) is 0 Å². The molecule has 98 valence electrons. The normalized spacial score (nSPS) is 15.3. The number of hydrogen-bond acceptors (Lipinski definition) is 0. The molecule has 0 N–H and O–H groups in total. The molecule has 0 heterocycles. The van der Waals surface area contributed by atoms with Crippen molar-refractivity contribution >= 4 is 50.1 Å². The minimum atomic E-state index is -0.0738. The van der Waals surface area contributed by atoms with Crippen LogP contribution in [0.1, 0.15) is 34.1 Å². The average Bonchev–Trinajstić information content (AvgIpc) is 2.88. The van der Waals surface area contributed by atoms with Crippen LogP contribution in [0.3, 0.4) is 0 Å². The molecule has 1 aliphatic rings. The second-order valence-electron chi connectivity index (χ2n) is 4.91. The number of rotatable bonds is 2. The van der Waals surface area contributed by atoms with Gasteiger partial charge in [0.1, 0.15) is 0 Å². The standard InChI is InChI=1S/C16H13BrClI/c17-13-6-7-15(19)14(9-13)16(18)12-5-4-10-2-1-3-11(10)8-12/h4-9,16H,1-3H2. The minimum Gasteiger partial charge on any atom is -0.113 e. The maximum atomic E-state index is 6.68. The third kappa shape index (κ3) is 2.86. The second kappa shape index (κ2) is 5.74. The molecule has 0 bridgehead atoms. The second-order valence-corrected chi connectivity index (χ2v) is 7.42. The van der Waals surface area contributed by atoms with Gasteiger partial charge in [0.15, 0.2) is 0 Å². The maximum absolute atomic E-state index is 6.68. The first-order valence-corrected chi connectivity index (χ1v) is 8.66. The summed E-state index contributed by atoms with van der Waals surface area (Å²) in [7, 11) is 0. The molecule has 0 amide bonds. The van der Waals surface area contributed by atoms with Crippen LogP contribution < -0.4 is 0 Å². The SMILES string of the molecule is ClC(c1ccc2c(c1)CCC2)c1cc(Br)ccc1I. The van der Waals surface area contributed by atoms with Crippen LogP contribution >= 0.6 is 50.1 Å². The number of fused-ring (bicyclic) bond motifs is 1. The summed E-state index contributed by atoms with van der Waals surface area (Å²) in [4.78, 5) is 0. The van der Waals surface area contributed by atoms with Crippen LogP contribution in [-0.4, -0.2) is 0 Å². The van der Waals surface area contributed by atoms with Gasteiger partial charge in [-0.1, -0.05) is 34.1 Å². The number of hydrogen-bond donors (Lipinski definition) is 0. The molecular weight excluding hydrogens is 434 g/mol. The van der Waals surface area contributed by atoms with Crippen molar-refractivity contribution in [1.82, 2.24) is 0 Å². The van der Waals surface area contributed by atoms with Crippen LogP contribution in [-0.2, 0) is 12.8 Å². The van der Waals surface area contributed by atoms with E-state index in [1.54, 1.807) is 0 Å². The zero-order chi connectivity index (χ0) is 13.4. The Bertz CT molecular complexity index is 624. The fourth-order valence-corrected chi connectivity index (χ4v) is 4.16. The van der Waals surface area contributed by atoms with Crippen LogP contribution in [0.25, 0.3) is 0 Å². The maximum Gasteiger partial charge on any atom is 0.0846 e. The van der Waals surface area contributed by atoms with E-state index in [4.69, 9.17) is 11.6 Å². The molecule has 0 aliphatic heterocycles. The topological polar surface area (TPSA) is 0 Å². The van der Waals surface area contributed by atoms with Crippen molar-refractivity contribution in [2.24, 2.45) is 0 Å². The zero-order valence-electron chi connectivity index (χ0n) is 10.3. The summed E-state index contributed by atoms with van der Waals surface area (Å²) in [6.45, 7) is 0. The van der Waals surface area contributed by atoms with Crippen LogP contribution in [0.2, 0.25) is 0 Å². The van der Waals surface area contributed by atoms with Gasteiger partial charge in [-0.2, -0.15) is 0 Å². The van der Waals surface area contributed by atoms with Crippen LogP contribution in [0.4, 0.5) is 0 Å². The van der Waals surface area contributed by atoms with E-state index in [-0.39, 0.29) is 5.38 Å². The molecule has 0 saturated heterocycles. The molecule has 3 rings (SSSR count). The fraction of sp³-hybridized carbons (Fsp3) is 0.250. The molecule has 1 unspecified atom stereocenters. The van der Waals surface area contributed by atoms with Gasteiger partial charge in [-0.3, -0.25) is 0 Å². The first-order chi connectivity index (χ1) is 9.15. The summed E-state index contributed by atoms with van der Waals surface area (Å²) in [5, 5.41) is -0.0738. The zero-order valence-corrected chi connectivity index (χ0v) is 14.8. The van der Waals surface area contributed by atoms with Crippen molar-refractivity contribution in [3.05, 3.63) is 66.7 Å². The molecule has 0 nitrogen and oxygen atoms in total. The van der Waals surface area contributed by atoms with Crippen molar-refractivity contribution in [3.8, 4) is 0 Å². The summed E-state index contributed by atoms with van der Waals surface area (Å²) >= 11 is 12.6. The number of benzene rings is 2. The number of halogens is 3. The van der Waals surface area contributed by atoms with Crippen molar-refractivity contribution in [3.63, 3.8) is 0 Å². The number of alkyl halides is 1. The predicted molar refractivity (Wildman–Crippen MR) is 93.0 cm³/mol. The van der Waals surface area contributed by atoms with E-state index in [0.29, 0.717) is 0 Å². The van der Waals surface area contributed by atoms with Crippen molar-refractivity contribution < 1.29 is 0 Å². The summed E-state index contributed by atoms with van der Waals surface area (Å²) < 4.78 is 2.29. The van der Waals surface area contributed by atoms with Crippen molar-refractivity contribution in [2.45, 2.75) is 24.6 Å². The fourth-order valence-electron chi connectivity index (χ4n) is 2.64. The van der Waals surface area contributed by atoms with Crippen LogP contribution in [0, 0.1) is 3.57 Å². The third-order valence-corrected chi connectivity index (χ3v) is 5.61. The highest BCUT2D eigenvalue weighted by atomic mass is 127. The Kier molecular flexibility index (Phi) is 4.20. The van der Waals surface area contributed by atoms with E-state index in [1.807, 2.05) is 0 Å². The Morgan fingerprint density at radius 2 is 1.84 bits per heavy atom. The average molecular weight is 448 g/mol. The predicted octanol–water partition coefficient (Wildman–Crippen LogP) is 5.87. The van der Waals surface area contributed by atoms with Crippen molar-refractivity contribution in [1.29, 1.82) is 0 Å². The molecule has 1 aliphatic carbocycles. The van der Waals surface area contributed by atoms with E-state index in [1.165, 1.54) is 45.1 Å². The summed E-state index contributed by atoms with van der Waals surface area (Å²) in [5.41, 5.74) is 5.36. The molecule has 0 aromatic heterocycles. The van der Waals surface area contributed by atoms with E-state index >= 15 is 0 Å². The summed E-state index contributed by atoms with van der Waals surface area (Å²) in [6.07, 6.45) is 3.69. The highest BCUT2D eigenvalue weighted by Crippen LogP contribution is 2.35. The third-order valence-electron chi connectivity index (χ3n) is 3.65. The Labute approximate surface area is 140 Å². The molecule has 0 radical (unpaired) electrons. The molecule has 2 aromatic carbocycles. The minimum absolute atomic E-state index is 0.0738. The molecule has 2 aromatic rings. The molecule has 3 heteroatoms. The first-order valence-electron chi connectivity index (χ1n) is 6.36. The highest BCUT2D eigenvalue weighted by Gasteiger charge is 2.17. The van der Waals surface area contributed by atoms with Crippen LogP contribution in [0.15, 0.2) is 40.9 Å². The van der Waals surface area contributed by atoms with Gasteiger partial charge in [-0.15, -0.1) is 11.6 Å². The van der Waals surface area contributed by atoms with Gasteiger partial charge in [0, 0.05) is 8.04 Å². The molecular formula is C16H13BrClI. The Morgan fingerprint density at radius 1 is 1.05 bits per heavy atom. The van der Waals surface area contributed by atoms with Gasteiger partial charge >= 0.3 is 0 Å². The van der Waals surface area contributed by atoms with Crippen LogP contribution in [0.5, 0.6) is 0 Å². The quantitative estimate of drug-likeness (QED) is 0.399. The van der Waals surface area contributed by atoms with Gasteiger partial charge < -0.3 is 0 Å². The largest absolute Gasteiger partial charge is 0.113 e. The summed E-state index contributed by atoms with van der Waals surface area (Å²) in [5.74, 6) is 0. The Hall–Kier alpha value is -0.0600. The number of aryl methyl sites for hydroxylation is 2. The molecule has 1 atom stereocenters. The van der Waals surface area contributed by atoms with E-state index in [0.717, 1.165) is 4.47 Å². The first kappa shape index (κ1) is 13.9. The summed E-state index contributed by atoms with van der Waals surface area (Å²) in [6, 6.07) is 13.0. The Morgan fingerprint density at radius 3 is 2.68 bits per heavy atom. The van der Waals surface area contributed by atoms with Gasteiger partial charge in [0.05, 0.1) is 5.38 Å². The lowest BCUT2D eigenvalue weighted by Crippen LogP contribution is -1.98. The van der Waals surface area contributed by atoms with Crippen molar-refractivity contribution in [2.75, 3.05) is 0 Å². The van der Waals surface area contributed by atoms with Gasteiger partial charge in [0.25, 0.3) is 0 Å². The molecule has 0 saturated carbocycles. The van der Waals surface area contributed by atoms with E-state index in [2.05, 4.69) is 74.9 Å². The monoisotopic (exact) mass is 446 g/mol. The molecule has 0 spiro atoms. The smallest absolute Gasteiger partial charge is 0.0846 e. The molecule has 0 fully saturated rings. The highest BCUT2D eigenvalue weighted by molar-refractivity contribution is 14.1. The van der Waals surface area contributed by atoms with Gasteiger partial charge in [0.2, 0.25) is 0 Å². The lowest BCUT2D eigenvalue weighted by Gasteiger charge is -2.14. The van der Waals surface area contributed by atoms with Gasteiger partial charge in [-0.25, -0.2) is 0 Å².